The first kappa shape index (κ1) is 21.8. The number of nitrogens with one attached hydrogen (secondary N) is 2. The summed E-state index contributed by atoms with van der Waals surface area (Å²) in [5, 5.41) is 2.71. The molecule has 0 aromatic heterocycles. The van der Waals surface area contributed by atoms with Crippen LogP contribution in [0.5, 0.6) is 0 Å². The standard InChI is InChI=1S/C19H29FN4O4S/c1-13-10-24(11-14(2)28-13)18-7-6-15(9-17(18)20)21-19(25)23-8-4-5-16(12-23)22-29(3,26)27/h6-7,9,13-14,16,22H,4-5,8,10-12H2,1-3H3,(H,21,25)/t13-,14+,16-/m1/s1. The molecule has 0 aliphatic carbocycles. The van der Waals surface area contributed by atoms with Crippen LogP contribution in [0, 0.1) is 5.82 Å². The van der Waals surface area contributed by atoms with Crippen LogP contribution >= 0.6 is 0 Å². The Balaban J connectivity index is 1.63. The molecule has 2 N–H and O–H groups in total. The number of amides is 2. The summed E-state index contributed by atoms with van der Waals surface area (Å²) in [7, 11) is -3.33. The maximum atomic E-state index is 14.7. The molecule has 3 rings (SSSR count). The average Bonchev–Trinajstić information content (AvgIpc) is 2.59. The van der Waals surface area contributed by atoms with Crippen LogP contribution in [-0.2, 0) is 14.8 Å². The van der Waals surface area contributed by atoms with Crippen LogP contribution in [0.4, 0.5) is 20.6 Å². The molecule has 1 aromatic rings. The summed E-state index contributed by atoms with van der Waals surface area (Å²) in [5.41, 5.74) is 0.851. The zero-order valence-corrected chi connectivity index (χ0v) is 17.8. The van der Waals surface area contributed by atoms with Gasteiger partial charge in [-0.15, -0.1) is 0 Å². The second-order valence-corrected chi connectivity index (χ2v) is 9.71. The number of sulfonamides is 1. The quantitative estimate of drug-likeness (QED) is 0.765. The van der Waals surface area contributed by atoms with Gasteiger partial charge in [-0.1, -0.05) is 0 Å². The fraction of sp³-hybridized carbons (Fsp3) is 0.632. The van der Waals surface area contributed by atoms with E-state index in [1.165, 1.54) is 6.07 Å². The molecule has 0 unspecified atom stereocenters. The maximum Gasteiger partial charge on any atom is 0.321 e. The van der Waals surface area contributed by atoms with E-state index in [2.05, 4.69) is 10.0 Å². The number of piperidine rings is 1. The minimum atomic E-state index is -3.33. The number of anilines is 2. The molecule has 1 aromatic carbocycles. The molecule has 8 nitrogen and oxygen atoms in total. The molecule has 0 saturated carbocycles. The number of rotatable bonds is 4. The number of morpholine rings is 1. The van der Waals surface area contributed by atoms with Gasteiger partial charge in [-0.05, 0) is 44.9 Å². The van der Waals surface area contributed by atoms with Gasteiger partial charge in [-0.2, -0.15) is 0 Å². The van der Waals surface area contributed by atoms with E-state index in [0.717, 1.165) is 6.26 Å². The normalized spacial score (nSPS) is 25.7. The molecule has 29 heavy (non-hydrogen) atoms. The van der Waals surface area contributed by atoms with Crippen LogP contribution in [0.1, 0.15) is 26.7 Å². The van der Waals surface area contributed by atoms with Gasteiger partial charge in [0.15, 0.2) is 0 Å². The van der Waals surface area contributed by atoms with E-state index < -0.39 is 15.8 Å². The van der Waals surface area contributed by atoms with Gasteiger partial charge < -0.3 is 19.9 Å². The van der Waals surface area contributed by atoms with Gasteiger partial charge in [0.25, 0.3) is 0 Å². The molecule has 0 bridgehead atoms. The number of urea groups is 1. The Morgan fingerprint density at radius 1 is 1.21 bits per heavy atom. The Kier molecular flexibility index (Phi) is 6.65. The second kappa shape index (κ2) is 8.85. The van der Waals surface area contributed by atoms with E-state index in [0.29, 0.717) is 43.9 Å². The van der Waals surface area contributed by atoms with Crippen molar-refractivity contribution in [3.8, 4) is 0 Å². The second-order valence-electron chi connectivity index (χ2n) is 7.93. The van der Waals surface area contributed by atoms with Crippen molar-refractivity contribution >= 4 is 27.4 Å². The van der Waals surface area contributed by atoms with E-state index in [4.69, 9.17) is 4.74 Å². The molecule has 0 spiro atoms. The molecule has 2 amide bonds. The number of benzene rings is 1. The number of nitrogens with zero attached hydrogens (tertiary/aromatic N) is 2. The summed E-state index contributed by atoms with van der Waals surface area (Å²) < 4.78 is 45.8. The number of hydrogen-bond donors (Lipinski definition) is 2. The first-order valence-electron chi connectivity index (χ1n) is 9.84. The molecule has 10 heteroatoms. The Morgan fingerprint density at radius 2 is 1.90 bits per heavy atom. The Labute approximate surface area is 171 Å². The number of ether oxygens (including phenoxy) is 1. The highest BCUT2D eigenvalue weighted by atomic mass is 32.2. The summed E-state index contributed by atoms with van der Waals surface area (Å²) in [6.45, 7) is 5.94. The molecule has 2 heterocycles. The molecule has 3 atom stereocenters. The molecule has 2 aliphatic heterocycles. The summed E-state index contributed by atoms with van der Waals surface area (Å²) in [6, 6.07) is 3.98. The topological polar surface area (TPSA) is 91.0 Å². The van der Waals surface area contributed by atoms with Crippen molar-refractivity contribution in [3.05, 3.63) is 24.0 Å². The van der Waals surface area contributed by atoms with Crippen molar-refractivity contribution in [2.24, 2.45) is 0 Å². The minimum Gasteiger partial charge on any atom is -0.372 e. The third-order valence-corrected chi connectivity index (χ3v) is 5.81. The third kappa shape index (κ3) is 6.03. The van der Waals surface area contributed by atoms with Gasteiger partial charge in [0.2, 0.25) is 10.0 Å². The third-order valence-electron chi connectivity index (χ3n) is 5.05. The zero-order valence-electron chi connectivity index (χ0n) is 17.0. The van der Waals surface area contributed by atoms with E-state index in [1.54, 1.807) is 17.0 Å². The van der Waals surface area contributed by atoms with Gasteiger partial charge in [0.1, 0.15) is 5.82 Å². The highest BCUT2D eigenvalue weighted by molar-refractivity contribution is 7.88. The van der Waals surface area contributed by atoms with Crippen LogP contribution < -0.4 is 14.9 Å². The van der Waals surface area contributed by atoms with Crippen LogP contribution in [0.25, 0.3) is 0 Å². The summed E-state index contributed by atoms with van der Waals surface area (Å²) in [4.78, 5) is 16.0. The molecule has 2 saturated heterocycles. The molecular formula is C19H29FN4O4S. The fourth-order valence-corrected chi connectivity index (χ4v) is 4.78. The van der Waals surface area contributed by atoms with Crippen molar-refractivity contribution < 1.29 is 22.3 Å². The summed E-state index contributed by atoms with van der Waals surface area (Å²) in [5.74, 6) is -0.403. The summed E-state index contributed by atoms with van der Waals surface area (Å²) in [6.07, 6.45) is 2.51. The Hall–Kier alpha value is -1.91. The minimum absolute atomic E-state index is 0.0186. The molecule has 0 radical (unpaired) electrons. The van der Waals surface area contributed by atoms with Crippen molar-refractivity contribution in [1.29, 1.82) is 0 Å². The zero-order chi connectivity index (χ0) is 21.2. The monoisotopic (exact) mass is 428 g/mol. The van der Waals surface area contributed by atoms with E-state index >= 15 is 0 Å². The smallest absolute Gasteiger partial charge is 0.321 e. The number of halogens is 1. The largest absolute Gasteiger partial charge is 0.372 e. The number of likely N-dealkylation sites (tertiary alicyclic amines) is 1. The lowest BCUT2D eigenvalue weighted by Crippen LogP contribution is -2.50. The molecule has 162 valence electrons. The lowest BCUT2D eigenvalue weighted by atomic mass is 10.1. The number of carbonyl (C=O) groups is 1. The van der Waals surface area contributed by atoms with Crippen molar-refractivity contribution in [3.63, 3.8) is 0 Å². The predicted molar refractivity (Wildman–Crippen MR) is 110 cm³/mol. The van der Waals surface area contributed by atoms with Gasteiger partial charge in [0, 0.05) is 37.9 Å². The van der Waals surface area contributed by atoms with Crippen LogP contribution in [0.2, 0.25) is 0 Å². The molecule has 2 aliphatic rings. The van der Waals surface area contributed by atoms with Gasteiger partial charge in [0.05, 0.1) is 24.2 Å². The average molecular weight is 429 g/mol. The van der Waals surface area contributed by atoms with E-state index in [9.17, 15) is 17.6 Å². The van der Waals surface area contributed by atoms with Crippen molar-refractivity contribution in [1.82, 2.24) is 9.62 Å². The van der Waals surface area contributed by atoms with E-state index in [-0.39, 0.29) is 30.8 Å². The fourth-order valence-electron chi connectivity index (χ4n) is 3.98. The molecule has 2 fully saturated rings. The van der Waals surface area contributed by atoms with Crippen molar-refractivity contribution in [2.45, 2.75) is 44.9 Å². The van der Waals surface area contributed by atoms with Crippen molar-refractivity contribution in [2.75, 3.05) is 42.7 Å². The van der Waals surface area contributed by atoms with Gasteiger partial charge >= 0.3 is 6.03 Å². The first-order chi connectivity index (χ1) is 13.6. The summed E-state index contributed by atoms with van der Waals surface area (Å²) >= 11 is 0. The Morgan fingerprint density at radius 3 is 2.52 bits per heavy atom. The highest BCUT2D eigenvalue weighted by Crippen LogP contribution is 2.26. The lowest BCUT2D eigenvalue weighted by molar-refractivity contribution is -0.00539. The number of hydrogen-bond acceptors (Lipinski definition) is 5. The highest BCUT2D eigenvalue weighted by Gasteiger charge is 2.27. The van der Waals surface area contributed by atoms with Gasteiger partial charge in [-0.3, -0.25) is 0 Å². The van der Waals surface area contributed by atoms with Crippen LogP contribution in [-0.4, -0.2) is 70.0 Å². The Bertz CT molecular complexity index is 841. The van der Waals surface area contributed by atoms with Crippen LogP contribution in [0.15, 0.2) is 18.2 Å². The first-order valence-corrected chi connectivity index (χ1v) is 11.7. The van der Waals surface area contributed by atoms with E-state index in [1.807, 2.05) is 18.7 Å². The predicted octanol–water partition coefficient (Wildman–Crippen LogP) is 1.98. The lowest BCUT2D eigenvalue weighted by Gasteiger charge is -2.37. The molecular weight excluding hydrogens is 399 g/mol. The number of carbonyl (C=O) groups excluding carboxylic acids is 1. The SMILES string of the molecule is C[C@@H]1CN(c2ccc(NC(=O)N3CCC[C@@H](NS(C)(=O)=O)C3)cc2F)C[C@H](C)O1. The van der Waals surface area contributed by atoms with Crippen LogP contribution in [0.3, 0.4) is 0 Å². The maximum absolute atomic E-state index is 14.7. The van der Waals surface area contributed by atoms with Gasteiger partial charge in [-0.25, -0.2) is 22.3 Å².